The molecule has 7 heteroatoms. The second-order valence-electron chi connectivity index (χ2n) is 6.72. The van der Waals surface area contributed by atoms with Gasteiger partial charge in [0.2, 0.25) is 0 Å². The van der Waals surface area contributed by atoms with Gasteiger partial charge in [0.1, 0.15) is 18.1 Å². The summed E-state index contributed by atoms with van der Waals surface area (Å²) in [6.45, 7) is 0.248. The number of aromatic nitrogens is 1. The van der Waals surface area contributed by atoms with Crippen molar-refractivity contribution in [1.29, 1.82) is 0 Å². The van der Waals surface area contributed by atoms with Crippen LogP contribution in [0.15, 0.2) is 77.2 Å². The van der Waals surface area contributed by atoms with E-state index in [4.69, 9.17) is 26.5 Å². The molecule has 31 heavy (non-hydrogen) atoms. The van der Waals surface area contributed by atoms with Crippen molar-refractivity contribution in [3.63, 3.8) is 0 Å². The Balaban J connectivity index is 1.43. The lowest BCUT2D eigenvalue weighted by molar-refractivity contribution is 0.0973. The number of rotatable bonds is 7. The van der Waals surface area contributed by atoms with E-state index in [-0.39, 0.29) is 18.2 Å². The van der Waals surface area contributed by atoms with Gasteiger partial charge in [-0.15, -0.1) is 0 Å². The Morgan fingerprint density at radius 2 is 1.90 bits per heavy atom. The van der Waals surface area contributed by atoms with Crippen LogP contribution in [0, 0.1) is 0 Å². The maximum absolute atomic E-state index is 12.5. The molecule has 0 saturated carbocycles. The maximum Gasteiger partial charge on any atom is 0.284 e. The van der Waals surface area contributed by atoms with Crippen LogP contribution in [-0.4, -0.2) is 16.7 Å². The summed E-state index contributed by atoms with van der Waals surface area (Å²) in [6, 6.07) is 19.2. The number of fused-ring (bicyclic) bond motifs is 1. The monoisotopic (exact) mass is 432 g/mol. The van der Waals surface area contributed by atoms with Gasteiger partial charge >= 0.3 is 0 Å². The van der Waals surface area contributed by atoms with E-state index >= 15 is 0 Å². The molecule has 2 aromatic heterocycles. The molecule has 4 rings (SSSR count). The molecular weight excluding hydrogens is 416 g/mol. The van der Waals surface area contributed by atoms with Crippen LogP contribution >= 0.6 is 11.6 Å². The summed E-state index contributed by atoms with van der Waals surface area (Å²) >= 11 is 6.04. The van der Waals surface area contributed by atoms with Gasteiger partial charge < -0.3 is 14.9 Å². The second kappa shape index (κ2) is 8.85. The van der Waals surface area contributed by atoms with Gasteiger partial charge in [0.25, 0.3) is 5.91 Å². The number of furan rings is 1. The number of ketones is 1. The number of hydrogen-bond donors (Lipinski definition) is 1. The third kappa shape index (κ3) is 4.99. The van der Waals surface area contributed by atoms with Crippen LogP contribution < -0.4 is 10.5 Å². The molecule has 1 amide bonds. The number of halogens is 1. The smallest absolute Gasteiger partial charge is 0.284 e. The lowest BCUT2D eigenvalue weighted by Gasteiger charge is -2.08. The summed E-state index contributed by atoms with van der Waals surface area (Å²) in [5.41, 5.74) is 7.14. The van der Waals surface area contributed by atoms with E-state index in [1.165, 1.54) is 18.2 Å². The molecule has 0 aliphatic rings. The molecule has 0 saturated heterocycles. The van der Waals surface area contributed by atoms with E-state index in [1.54, 1.807) is 36.4 Å². The van der Waals surface area contributed by atoms with Gasteiger partial charge in [0.05, 0.1) is 11.2 Å². The van der Waals surface area contributed by atoms with Crippen LogP contribution in [-0.2, 0) is 6.61 Å². The van der Waals surface area contributed by atoms with Gasteiger partial charge in [-0.3, -0.25) is 9.59 Å². The number of nitrogens with zero attached hydrogens (tertiary/aromatic N) is 1. The van der Waals surface area contributed by atoms with Crippen molar-refractivity contribution in [3.05, 3.63) is 101 Å². The number of pyridine rings is 1. The van der Waals surface area contributed by atoms with Gasteiger partial charge in [-0.2, -0.15) is 0 Å². The SMILES string of the molecule is NC(=O)c1ccc(/C=C\C(=O)c2cccc(OCc3ccc4ccc(Cl)cc4n3)c2)o1. The summed E-state index contributed by atoms with van der Waals surface area (Å²) in [6.07, 6.45) is 2.84. The van der Waals surface area contributed by atoms with Crippen LogP contribution in [0.3, 0.4) is 0 Å². The molecule has 154 valence electrons. The summed E-state index contributed by atoms with van der Waals surface area (Å²) < 4.78 is 11.0. The molecule has 4 aromatic rings. The van der Waals surface area contributed by atoms with E-state index in [0.717, 1.165) is 16.6 Å². The van der Waals surface area contributed by atoms with Crippen molar-refractivity contribution in [2.45, 2.75) is 6.61 Å². The van der Waals surface area contributed by atoms with Crippen LogP contribution in [0.4, 0.5) is 0 Å². The Bertz CT molecular complexity index is 1310. The molecule has 6 nitrogen and oxygen atoms in total. The van der Waals surface area contributed by atoms with E-state index < -0.39 is 5.91 Å². The number of benzene rings is 2. The molecule has 0 aliphatic carbocycles. The highest BCUT2D eigenvalue weighted by Crippen LogP contribution is 2.20. The normalized spacial score (nSPS) is 11.1. The second-order valence-corrected chi connectivity index (χ2v) is 7.16. The average molecular weight is 433 g/mol. The van der Waals surface area contributed by atoms with E-state index in [1.807, 2.05) is 24.3 Å². The number of allylic oxidation sites excluding steroid dienone is 1. The average Bonchev–Trinajstić information content (AvgIpc) is 3.25. The summed E-state index contributed by atoms with van der Waals surface area (Å²) in [5, 5.41) is 1.62. The minimum atomic E-state index is -0.667. The quantitative estimate of drug-likeness (QED) is 0.325. The number of ether oxygens (including phenoxy) is 1. The molecule has 0 fully saturated rings. The Labute approximate surface area is 182 Å². The van der Waals surface area contributed by atoms with Crippen LogP contribution in [0.5, 0.6) is 5.75 Å². The summed E-state index contributed by atoms with van der Waals surface area (Å²) in [5.74, 6) is 0.0335. The number of primary amides is 1. The van der Waals surface area contributed by atoms with Crippen LogP contribution in [0.25, 0.3) is 17.0 Å². The highest BCUT2D eigenvalue weighted by molar-refractivity contribution is 6.31. The minimum Gasteiger partial charge on any atom is -0.487 e. The zero-order valence-electron chi connectivity index (χ0n) is 16.2. The lowest BCUT2D eigenvalue weighted by Crippen LogP contribution is -2.09. The van der Waals surface area contributed by atoms with Crippen molar-refractivity contribution in [3.8, 4) is 5.75 Å². The molecule has 0 aliphatic heterocycles. The fourth-order valence-electron chi connectivity index (χ4n) is 2.94. The van der Waals surface area contributed by atoms with E-state index in [0.29, 0.717) is 22.1 Å². The number of nitrogens with two attached hydrogens (primary N) is 1. The Hall–Kier alpha value is -3.90. The Morgan fingerprint density at radius 3 is 2.71 bits per heavy atom. The molecule has 2 N–H and O–H groups in total. The topological polar surface area (TPSA) is 95.4 Å². The molecule has 0 bridgehead atoms. The van der Waals surface area contributed by atoms with Crippen molar-refractivity contribution >= 4 is 40.3 Å². The van der Waals surface area contributed by atoms with E-state index in [2.05, 4.69) is 4.98 Å². The zero-order chi connectivity index (χ0) is 21.8. The number of amides is 1. The largest absolute Gasteiger partial charge is 0.487 e. The number of carbonyl (C=O) groups excluding carboxylic acids is 2. The lowest BCUT2D eigenvalue weighted by atomic mass is 10.1. The molecule has 2 aromatic carbocycles. The zero-order valence-corrected chi connectivity index (χ0v) is 17.0. The van der Waals surface area contributed by atoms with Gasteiger partial charge in [0, 0.05) is 16.0 Å². The third-order valence-corrected chi connectivity index (χ3v) is 4.72. The van der Waals surface area contributed by atoms with Gasteiger partial charge in [-0.1, -0.05) is 35.9 Å². The van der Waals surface area contributed by atoms with Crippen molar-refractivity contribution in [1.82, 2.24) is 4.98 Å². The maximum atomic E-state index is 12.5. The molecule has 2 heterocycles. The first-order chi connectivity index (χ1) is 15.0. The summed E-state index contributed by atoms with van der Waals surface area (Å²) in [7, 11) is 0. The molecular formula is C24H17ClN2O4. The number of carbonyl (C=O) groups is 2. The standard InChI is InChI=1S/C24H17ClN2O4/c25-17-6-4-15-5-7-18(27-21(15)13-17)14-30-20-3-1-2-16(12-20)22(28)10-8-19-9-11-23(31-19)24(26)29/h1-13H,14H2,(H2,26,29)/b10-8-. The Kier molecular flexibility index (Phi) is 5.82. The summed E-state index contributed by atoms with van der Waals surface area (Å²) in [4.78, 5) is 28.1. The highest BCUT2D eigenvalue weighted by atomic mass is 35.5. The van der Waals surface area contributed by atoms with Gasteiger partial charge in [-0.05, 0) is 54.6 Å². The minimum absolute atomic E-state index is 0.0343. The van der Waals surface area contributed by atoms with Gasteiger partial charge in [-0.25, -0.2) is 4.98 Å². The fourth-order valence-corrected chi connectivity index (χ4v) is 3.10. The molecule has 0 atom stereocenters. The predicted molar refractivity (Wildman–Crippen MR) is 118 cm³/mol. The fraction of sp³-hybridized carbons (Fsp3) is 0.0417. The highest BCUT2D eigenvalue weighted by Gasteiger charge is 2.08. The van der Waals surface area contributed by atoms with Crippen molar-refractivity contribution in [2.75, 3.05) is 0 Å². The Morgan fingerprint density at radius 1 is 1.06 bits per heavy atom. The van der Waals surface area contributed by atoms with Gasteiger partial charge in [0.15, 0.2) is 11.5 Å². The van der Waals surface area contributed by atoms with Crippen molar-refractivity contribution < 1.29 is 18.7 Å². The predicted octanol–water partition coefficient (Wildman–Crippen LogP) is 5.06. The van der Waals surface area contributed by atoms with Crippen LogP contribution in [0.2, 0.25) is 5.02 Å². The number of hydrogen-bond acceptors (Lipinski definition) is 5. The first-order valence-electron chi connectivity index (χ1n) is 9.38. The van der Waals surface area contributed by atoms with E-state index in [9.17, 15) is 9.59 Å². The molecule has 0 radical (unpaired) electrons. The molecule has 0 unspecified atom stereocenters. The molecule has 0 spiro atoms. The van der Waals surface area contributed by atoms with Crippen LogP contribution in [0.1, 0.15) is 32.4 Å². The first-order valence-corrected chi connectivity index (χ1v) is 9.76. The first kappa shape index (κ1) is 20.4. The third-order valence-electron chi connectivity index (χ3n) is 4.49. The van der Waals surface area contributed by atoms with Crippen molar-refractivity contribution in [2.24, 2.45) is 5.73 Å².